The second-order valence-corrected chi connectivity index (χ2v) is 6.11. The molecule has 24 heavy (non-hydrogen) atoms. The standard InChI is InChI=1S/C17H18N2O5/c20-15(23-14-7-10-22-16(14)21)11-5-8-19(9-6-11)17-18-12-3-1-2-4-13(12)24-17/h1-4,11,14H,5-10H2/t14-/m1/s1. The number of anilines is 1. The molecule has 0 aliphatic carbocycles. The van der Waals surface area contributed by atoms with Gasteiger partial charge in [0.05, 0.1) is 12.5 Å². The van der Waals surface area contributed by atoms with Crippen molar-refractivity contribution in [3.8, 4) is 0 Å². The minimum Gasteiger partial charge on any atom is -0.463 e. The van der Waals surface area contributed by atoms with E-state index in [1.165, 1.54) is 0 Å². The third kappa shape index (κ3) is 2.81. The maximum Gasteiger partial charge on any atom is 0.347 e. The van der Waals surface area contributed by atoms with Gasteiger partial charge in [0.25, 0.3) is 6.01 Å². The topological polar surface area (TPSA) is 81.9 Å². The van der Waals surface area contributed by atoms with E-state index in [0.29, 0.717) is 45.0 Å². The molecule has 2 aliphatic rings. The van der Waals surface area contributed by atoms with E-state index in [1.54, 1.807) is 0 Å². The predicted octanol–water partition coefficient (Wildman–Crippen LogP) is 1.90. The number of carbonyl (C=O) groups is 2. The lowest BCUT2D eigenvalue weighted by atomic mass is 9.97. The molecule has 126 valence electrons. The summed E-state index contributed by atoms with van der Waals surface area (Å²) in [6, 6.07) is 8.21. The predicted molar refractivity (Wildman–Crippen MR) is 84.4 cm³/mol. The van der Waals surface area contributed by atoms with E-state index < -0.39 is 12.1 Å². The number of esters is 2. The highest BCUT2D eigenvalue weighted by atomic mass is 16.6. The fourth-order valence-electron chi connectivity index (χ4n) is 3.12. The summed E-state index contributed by atoms with van der Waals surface area (Å²) in [6.07, 6.45) is 1.03. The van der Waals surface area contributed by atoms with Crippen LogP contribution in [0.15, 0.2) is 28.7 Å². The SMILES string of the molecule is O=C(O[C@@H]1CCOC1=O)C1CCN(c2nc3ccccc3o2)CC1. The van der Waals surface area contributed by atoms with E-state index in [2.05, 4.69) is 4.98 Å². The van der Waals surface area contributed by atoms with Gasteiger partial charge in [0, 0.05) is 19.5 Å². The van der Waals surface area contributed by atoms with Gasteiger partial charge in [-0.25, -0.2) is 4.79 Å². The minimum atomic E-state index is -0.729. The largest absolute Gasteiger partial charge is 0.463 e. The van der Waals surface area contributed by atoms with E-state index >= 15 is 0 Å². The highest BCUT2D eigenvalue weighted by Crippen LogP contribution is 2.27. The van der Waals surface area contributed by atoms with Crippen LogP contribution in [0.2, 0.25) is 0 Å². The van der Waals surface area contributed by atoms with Crippen LogP contribution in [0.5, 0.6) is 0 Å². The number of rotatable bonds is 3. The van der Waals surface area contributed by atoms with Crippen LogP contribution in [-0.2, 0) is 19.1 Å². The van der Waals surface area contributed by atoms with Gasteiger partial charge in [-0.1, -0.05) is 12.1 Å². The summed E-state index contributed by atoms with van der Waals surface area (Å²) in [5.74, 6) is -0.942. The molecule has 3 heterocycles. The number of hydrogen-bond acceptors (Lipinski definition) is 7. The van der Waals surface area contributed by atoms with Gasteiger partial charge in [-0.2, -0.15) is 4.98 Å². The molecule has 0 spiro atoms. The lowest BCUT2D eigenvalue weighted by Crippen LogP contribution is -2.38. The van der Waals surface area contributed by atoms with Gasteiger partial charge >= 0.3 is 11.9 Å². The molecule has 0 saturated carbocycles. The number of piperidine rings is 1. The molecule has 2 saturated heterocycles. The molecule has 1 aromatic carbocycles. The fraction of sp³-hybridized carbons (Fsp3) is 0.471. The first kappa shape index (κ1) is 15.0. The summed E-state index contributed by atoms with van der Waals surface area (Å²) < 4.78 is 15.9. The van der Waals surface area contributed by atoms with Crippen molar-refractivity contribution in [3.05, 3.63) is 24.3 Å². The van der Waals surface area contributed by atoms with Gasteiger partial charge in [-0.15, -0.1) is 0 Å². The Balaban J connectivity index is 1.36. The van der Waals surface area contributed by atoms with Crippen LogP contribution in [0.4, 0.5) is 6.01 Å². The highest BCUT2D eigenvalue weighted by molar-refractivity contribution is 5.81. The second-order valence-electron chi connectivity index (χ2n) is 6.11. The summed E-state index contributed by atoms with van der Waals surface area (Å²) >= 11 is 0. The van der Waals surface area contributed by atoms with Gasteiger partial charge in [0.1, 0.15) is 5.52 Å². The highest BCUT2D eigenvalue weighted by Gasteiger charge is 2.34. The van der Waals surface area contributed by atoms with Gasteiger partial charge in [0.15, 0.2) is 5.58 Å². The smallest absolute Gasteiger partial charge is 0.347 e. The Bertz CT molecular complexity index is 730. The number of carbonyl (C=O) groups excluding carboxylic acids is 2. The van der Waals surface area contributed by atoms with Gasteiger partial charge in [-0.3, -0.25) is 4.79 Å². The van der Waals surface area contributed by atoms with Crippen molar-refractivity contribution in [2.24, 2.45) is 5.92 Å². The van der Waals surface area contributed by atoms with Crippen molar-refractivity contribution in [2.75, 3.05) is 24.6 Å². The van der Waals surface area contributed by atoms with E-state index in [-0.39, 0.29) is 11.9 Å². The van der Waals surface area contributed by atoms with Crippen LogP contribution >= 0.6 is 0 Å². The summed E-state index contributed by atoms with van der Waals surface area (Å²) in [6.45, 7) is 1.66. The third-order valence-electron chi connectivity index (χ3n) is 4.53. The number of oxazole rings is 1. The molecular weight excluding hydrogens is 312 g/mol. The summed E-state index contributed by atoms with van der Waals surface area (Å²) in [7, 11) is 0. The molecule has 0 unspecified atom stereocenters. The van der Waals surface area contributed by atoms with Crippen LogP contribution in [0.1, 0.15) is 19.3 Å². The van der Waals surface area contributed by atoms with Crippen molar-refractivity contribution in [3.63, 3.8) is 0 Å². The number of ether oxygens (including phenoxy) is 2. The van der Waals surface area contributed by atoms with Crippen LogP contribution in [0, 0.1) is 5.92 Å². The Labute approximate surface area is 138 Å². The van der Waals surface area contributed by atoms with Crippen molar-refractivity contribution < 1.29 is 23.5 Å². The number of nitrogens with zero attached hydrogens (tertiary/aromatic N) is 2. The van der Waals surface area contributed by atoms with Crippen LogP contribution in [0.25, 0.3) is 11.1 Å². The van der Waals surface area contributed by atoms with Crippen molar-refractivity contribution in [1.82, 2.24) is 4.98 Å². The average Bonchev–Trinajstić information content (AvgIpc) is 3.21. The van der Waals surface area contributed by atoms with Gasteiger partial charge in [0.2, 0.25) is 6.10 Å². The first-order chi connectivity index (χ1) is 11.7. The fourth-order valence-corrected chi connectivity index (χ4v) is 3.12. The molecule has 0 N–H and O–H groups in total. The Morgan fingerprint density at radius 2 is 2.00 bits per heavy atom. The number of benzene rings is 1. The number of fused-ring (bicyclic) bond motifs is 1. The molecule has 4 rings (SSSR count). The Morgan fingerprint density at radius 1 is 1.21 bits per heavy atom. The maximum atomic E-state index is 12.2. The molecule has 2 fully saturated rings. The molecule has 7 nitrogen and oxygen atoms in total. The first-order valence-electron chi connectivity index (χ1n) is 8.18. The Morgan fingerprint density at radius 3 is 2.71 bits per heavy atom. The monoisotopic (exact) mass is 330 g/mol. The number of hydrogen-bond donors (Lipinski definition) is 0. The van der Waals surface area contributed by atoms with Gasteiger partial charge < -0.3 is 18.8 Å². The normalized spacial score (nSPS) is 21.9. The first-order valence-corrected chi connectivity index (χ1v) is 8.18. The zero-order valence-corrected chi connectivity index (χ0v) is 13.1. The lowest BCUT2D eigenvalue weighted by molar-refractivity contribution is -0.163. The molecule has 0 bridgehead atoms. The Hall–Kier alpha value is -2.57. The Kier molecular flexibility index (Phi) is 3.84. The number of aromatic nitrogens is 1. The van der Waals surface area contributed by atoms with E-state index in [0.717, 1.165) is 11.1 Å². The second kappa shape index (κ2) is 6.14. The number of para-hydroxylation sites is 2. The van der Waals surface area contributed by atoms with E-state index in [9.17, 15) is 9.59 Å². The van der Waals surface area contributed by atoms with Crippen molar-refractivity contribution in [2.45, 2.75) is 25.4 Å². The summed E-state index contributed by atoms with van der Waals surface area (Å²) in [4.78, 5) is 30.1. The molecule has 1 atom stereocenters. The quantitative estimate of drug-likeness (QED) is 0.795. The number of cyclic esters (lactones) is 1. The molecular formula is C17H18N2O5. The van der Waals surface area contributed by atoms with Gasteiger partial charge in [-0.05, 0) is 25.0 Å². The maximum absolute atomic E-state index is 12.2. The molecule has 2 aromatic rings. The minimum absolute atomic E-state index is 0.195. The molecule has 0 radical (unpaired) electrons. The zero-order valence-electron chi connectivity index (χ0n) is 13.1. The van der Waals surface area contributed by atoms with Crippen LogP contribution in [-0.4, -0.2) is 42.7 Å². The third-order valence-corrected chi connectivity index (χ3v) is 4.53. The molecule has 1 aromatic heterocycles. The molecule has 0 amide bonds. The lowest BCUT2D eigenvalue weighted by Gasteiger charge is -2.29. The zero-order chi connectivity index (χ0) is 16.5. The van der Waals surface area contributed by atoms with Crippen LogP contribution in [0.3, 0.4) is 0 Å². The molecule has 2 aliphatic heterocycles. The van der Waals surface area contributed by atoms with E-state index in [1.807, 2.05) is 29.2 Å². The summed E-state index contributed by atoms with van der Waals surface area (Å²) in [5, 5.41) is 0. The van der Waals surface area contributed by atoms with Crippen molar-refractivity contribution >= 4 is 29.1 Å². The summed E-state index contributed by atoms with van der Waals surface area (Å²) in [5.41, 5.74) is 1.59. The van der Waals surface area contributed by atoms with E-state index in [4.69, 9.17) is 13.9 Å². The van der Waals surface area contributed by atoms with Crippen LogP contribution < -0.4 is 4.90 Å². The average molecular weight is 330 g/mol. The van der Waals surface area contributed by atoms with Crippen molar-refractivity contribution in [1.29, 1.82) is 0 Å². The molecule has 7 heteroatoms.